The first-order valence-corrected chi connectivity index (χ1v) is 10.0. The number of nitrogens with one attached hydrogen (secondary N) is 1. The number of hydrogen-bond acceptors (Lipinski definition) is 5. The third-order valence-electron chi connectivity index (χ3n) is 5.13. The first-order valence-electron chi connectivity index (χ1n) is 9.23. The minimum atomic E-state index is -0.338. The van der Waals surface area contributed by atoms with Gasteiger partial charge < -0.3 is 10.1 Å². The van der Waals surface area contributed by atoms with Crippen molar-refractivity contribution in [3.8, 4) is 0 Å². The predicted molar refractivity (Wildman–Crippen MR) is 100 cm³/mol. The fourth-order valence-electron chi connectivity index (χ4n) is 4.26. The van der Waals surface area contributed by atoms with Gasteiger partial charge in [0, 0.05) is 18.0 Å². The molecule has 1 aliphatic carbocycles. The molecule has 0 bridgehead atoms. The van der Waals surface area contributed by atoms with Gasteiger partial charge in [-0.05, 0) is 49.5 Å². The quantitative estimate of drug-likeness (QED) is 0.833. The highest BCUT2D eigenvalue weighted by Crippen LogP contribution is 2.38. The molecule has 0 radical (unpaired) electrons. The molecule has 1 aromatic heterocycles. The molecular formula is C19H28N2O3S. The molecule has 1 N–H and O–H groups in total. The fourth-order valence-corrected chi connectivity index (χ4v) is 5.56. The molecule has 2 aliphatic rings. The van der Waals surface area contributed by atoms with Crippen LogP contribution < -0.4 is 5.32 Å². The van der Waals surface area contributed by atoms with E-state index in [2.05, 4.69) is 24.1 Å². The molecule has 2 atom stereocenters. The van der Waals surface area contributed by atoms with Crippen molar-refractivity contribution < 1.29 is 14.3 Å². The van der Waals surface area contributed by atoms with Gasteiger partial charge in [-0.1, -0.05) is 13.8 Å². The molecule has 1 saturated heterocycles. The van der Waals surface area contributed by atoms with Gasteiger partial charge in [-0.2, -0.15) is 0 Å². The summed E-state index contributed by atoms with van der Waals surface area (Å²) in [5, 5.41) is 3.67. The lowest BCUT2D eigenvalue weighted by Crippen LogP contribution is -2.42. The number of fused-ring (bicyclic) bond motifs is 1. The summed E-state index contributed by atoms with van der Waals surface area (Å²) in [5.41, 5.74) is 1.66. The zero-order valence-corrected chi connectivity index (χ0v) is 16.2. The van der Waals surface area contributed by atoms with Gasteiger partial charge in [-0.3, -0.25) is 9.69 Å². The maximum atomic E-state index is 12.6. The Bertz CT molecular complexity index is 645. The second-order valence-electron chi connectivity index (χ2n) is 7.59. The zero-order valence-electron chi connectivity index (χ0n) is 15.4. The number of anilines is 1. The van der Waals surface area contributed by atoms with Crippen molar-refractivity contribution in [2.45, 2.75) is 46.0 Å². The number of ether oxygens (including phenoxy) is 1. The number of likely N-dealkylation sites (tertiary alicyclic amines) is 1. The molecule has 2 heterocycles. The largest absolute Gasteiger partial charge is 0.465 e. The van der Waals surface area contributed by atoms with Crippen LogP contribution in [-0.4, -0.2) is 43.5 Å². The second kappa shape index (κ2) is 7.87. The van der Waals surface area contributed by atoms with Gasteiger partial charge in [0.05, 0.1) is 19.2 Å². The van der Waals surface area contributed by atoms with Crippen LogP contribution in [0.15, 0.2) is 0 Å². The second-order valence-corrected chi connectivity index (χ2v) is 8.70. The van der Waals surface area contributed by atoms with Crippen molar-refractivity contribution >= 4 is 28.2 Å². The zero-order chi connectivity index (χ0) is 18.0. The SMILES string of the molecule is COC(=O)c1c(NC(=O)CN2CC(C)CC(C)C2)sc2c1CCCC2. The molecule has 1 amide bonds. The van der Waals surface area contributed by atoms with E-state index in [1.165, 1.54) is 18.4 Å². The minimum absolute atomic E-state index is 0.0370. The summed E-state index contributed by atoms with van der Waals surface area (Å²) in [6, 6.07) is 0. The smallest absolute Gasteiger partial charge is 0.341 e. The van der Waals surface area contributed by atoms with Crippen molar-refractivity contribution in [1.82, 2.24) is 4.90 Å². The molecule has 3 rings (SSSR count). The Labute approximate surface area is 153 Å². The molecule has 1 aliphatic heterocycles. The average Bonchev–Trinajstić information content (AvgIpc) is 2.90. The third-order valence-corrected chi connectivity index (χ3v) is 6.33. The summed E-state index contributed by atoms with van der Waals surface area (Å²) in [7, 11) is 1.40. The summed E-state index contributed by atoms with van der Waals surface area (Å²) in [4.78, 5) is 28.3. The normalized spacial score (nSPS) is 23.8. The van der Waals surface area contributed by atoms with Crippen LogP contribution in [-0.2, 0) is 22.4 Å². The first-order chi connectivity index (χ1) is 12.0. The number of rotatable bonds is 4. The van der Waals surface area contributed by atoms with E-state index < -0.39 is 0 Å². The van der Waals surface area contributed by atoms with E-state index in [9.17, 15) is 9.59 Å². The maximum absolute atomic E-state index is 12.6. The van der Waals surface area contributed by atoms with Gasteiger partial charge in [0.2, 0.25) is 5.91 Å². The van der Waals surface area contributed by atoms with Crippen LogP contribution in [0, 0.1) is 11.8 Å². The number of esters is 1. The molecule has 0 saturated carbocycles. The van der Waals surface area contributed by atoms with Crippen LogP contribution in [0.3, 0.4) is 0 Å². The fraction of sp³-hybridized carbons (Fsp3) is 0.684. The van der Waals surface area contributed by atoms with Crippen LogP contribution in [0.5, 0.6) is 0 Å². The minimum Gasteiger partial charge on any atom is -0.465 e. The first kappa shape index (κ1) is 18.4. The van der Waals surface area contributed by atoms with Crippen molar-refractivity contribution in [1.29, 1.82) is 0 Å². The molecule has 138 valence electrons. The van der Waals surface area contributed by atoms with E-state index >= 15 is 0 Å². The lowest BCUT2D eigenvalue weighted by atomic mass is 9.92. The highest BCUT2D eigenvalue weighted by molar-refractivity contribution is 7.17. The number of nitrogens with zero attached hydrogens (tertiary/aromatic N) is 1. The Morgan fingerprint density at radius 3 is 2.56 bits per heavy atom. The average molecular weight is 365 g/mol. The number of carbonyl (C=O) groups excluding carboxylic acids is 2. The van der Waals surface area contributed by atoms with E-state index in [4.69, 9.17) is 4.74 Å². The Hall–Kier alpha value is -1.40. The monoisotopic (exact) mass is 364 g/mol. The number of thiophene rings is 1. The molecule has 0 aromatic carbocycles. The molecule has 5 nitrogen and oxygen atoms in total. The van der Waals surface area contributed by atoms with Crippen LogP contribution in [0.25, 0.3) is 0 Å². The standard InChI is InChI=1S/C19H28N2O3S/c1-12-8-13(2)10-21(9-12)11-16(22)20-18-17(19(23)24-3)14-6-4-5-7-15(14)25-18/h12-13H,4-11H2,1-3H3,(H,20,22). The summed E-state index contributed by atoms with van der Waals surface area (Å²) < 4.78 is 4.97. The van der Waals surface area contributed by atoms with Gasteiger partial charge in [0.25, 0.3) is 0 Å². The van der Waals surface area contributed by atoms with E-state index in [1.807, 2.05) is 0 Å². The van der Waals surface area contributed by atoms with Gasteiger partial charge in [0.15, 0.2) is 0 Å². The number of carbonyl (C=O) groups is 2. The summed E-state index contributed by atoms with van der Waals surface area (Å²) in [6.07, 6.45) is 5.34. The van der Waals surface area contributed by atoms with Gasteiger partial charge in [-0.15, -0.1) is 11.3 Å². The van der Waals surface area contributed by atoms with E-state index in [1.54, 1.807) is 11.3 Å². The summed E-state index contributed by atoms with van der Waals surface area (Å²) in [6.45, 7) is 6.79. The third kappa shape index (κ3) is 4.23. The van der Waals surface area contributed by atoms with Crippen molar-refractivity contribution in [3.63, 3.8) is 0 Å². The Morgan fingerprint density at radius 2 is 1.88 bits per heavy atom. The van der Waals surface area contributed by atoms with Crippen molar-refractivity contribution in [2.75, 3.05) is 32.1 Å². The number of amides is 1. The molecule has 0 spiro atoms. The lowest BCUT2D eigenvalue weighted by molar-refractivity contribution is -0.117. The van der Waals surface area contributed by atoms with Crippen LogP contribution >= 0.6 is 11.3 Å². The number of hydrogen-bond donors (Lipinski definition) is 1. The van der Waals surface area contributed by atoms with Crippen molar-refractivity contribution in [2.24, 2.45) is 11.8 Å². The number of methoxy groups -OCH3 is 1. The molecule has 1 fully saturated rings. The number of aryl methyl sites for hydroxylation is 1. The highest BCUT2D eigenvalue weighted by atomic mass is 32.1. The summed E-state index contributed by atoms with van der Waals surface area (Å²) >= 11 is 1.55. The van der Waals surface area contributed by atoms with Crippen LogP contribution in [0.4, 0.5) is 5.00 Å². The summed E-state index contributed by atoms with van der Waals surface area (Å²) in [5.74, 6) is 0.868. The Morgan fingerprint density at radius 1 is 1.20 bits per heavy atom. The molecule has 1 aromatic rings. The maximum Gasteiger partial charge on any atom is 0.341 e. The van der Waals surface area contributed by atoms with Gasteiger partial charge >= 0.3 is 5.97 Å². The van der Waals surface area contributed by atoms with E-state index in [0.717, 1.165) is 44.3 Å². The predicted octanol–water partition coefficient (Wildman–Crippen LogP) is 3.33. The van der Waals surface area contributed by atoms with Crippen molar-refractivity contribution in [3.05, 3.63) is 16.0 Å². The molecule has 2 unspecified atom stereocenters. The number of piperidine rings is 1. The highest BCUT2D eigenvalue weighted by Gasteiger charge is 2.28. The van der Waals surface area contributed by atoms with E-state index in [0.29, 0.717) is 28.9 Å². The molecule has 6 heteroatoms. The molecule has 25 heavy (non-hydrogen) atoms. The lowest BCUT2D eigenvalue weighted by Gasteiger charge is -2.34. The topological polar surface area (TPSA) is 58.6 Å². The van der Waals surface area contributed by atoms with Crippen LogP contribution in [0.2, 0.25) is 0 Å². The Balaban J connectivity index is 1.72. The molecular weight excluding hydrogens is 336 g/mol. The van der Waals surface area contributed by atoms with Gasteiger partial charge in [-0.25, -0.2) is 4.79 Å². The van der Waals surface area contributed by atoms with Gasteiger partial charge in [0.1, 0.15) is 5.00 Å². The van der Waals surface area contributed by atoms with Crippen LogP contribution in [0.1, 0.15) is 53.9 Å². The Kier molecular flexibility index (Phi) is 5.79. The van der Waals surface area contributed by atoms with E-state index in [-0.39, 0.29) is 11.9 Å².